The van der Waals surface area contributed by atoms with E-state index in [1.54, 1.807) is 0 Å². The number of aryl methyl sites for hydroxylation is 2. The summed E-state index contributed by atoms with van der Waals surface area (Å²) in [6, 6.07) is 11.8. The molecule has 2 N–H and O–H groups in total. The number of para-hydroxylation sites is 1. The molecular formula is C24H37IN6. The van der Waals surface area contributed by atoms with Gasteiger partial charge in [-0.2, -0.15) is 5.10 Å². The van der Waals surface area contributed by atoms with Crippen molar-refractivity contribution in [2.45, 2.75) is 71.5 Å². The molecule has 2 heterocycles. The quantitative estimate of drug-likeness (QED) is 0.331. The van der Waals surface area contributed by atoms with E-state index in [4.69, 9.17) is 4.99 Å². The van der Waals surface area contributed by atoms with Crippen LogP contribution in [0.5, 0.6) is 0 Å². The maximum absolute atomic E-state index is 4.93. The van der Waals surface area contributed by atoms with Crippen LogP contribution in [-0.2, 0) is 6.54 Å². The summed E-state index contributed by atoms with van der Waals surface area (Å²) < 4.78 is 2.02. The molecule has 1 aliphatic heterocycles. The number of nitrogens with zero attached hydrogens (tertiary/aromatic N) is 4. The van der Waals surface area contributed by atoms with Gasteiger partial charge in [0.05, 0.1) is 17.9 Å². The molecule has 170 valence electrons. The number of hydrogen-bond acceptors (Lipinski definition) is 3. The van der Waals surface area contributed by atoms with Gasteiger partial charge in [-0.15, -0.1) is 24.0 Å². The Bertz CT molecular complexity index is 871. The van der Waals surface area contributed by atoms with Gasteiger partial charge < -0.3 is 10.6 Å². The molecule has 1 saturated carbocycles. The Labute approximate surface area is 203 Å². The largest absolute Gasteiger partial charge is 0.357 e. The van der Waals surface area contributed by atoms with E-state index < -0.39 is 0 Å². The molecule has 6 nitrogen and oxygen atoms in total. The summed E-state index contributed by atoms with van der Waals surface area (Å²) in [4.78, 5) is 7.61. The van der Waals surface area contributed by atoms with Crippen LogP contribution in [0.15, 0.2) is 35.3 Å². The van der Waals surface area contributed by atoms with Crippen LogP contribution in [0.1, 0.15) is 56.0 Å². The van der Waals surface area contributed by atoms with Crippen LogP contribution in [-0.4, -0.2) is 52.4 Å². The second-order valence-corrected chi connectivity index (χ2v) is 8.73. The molecule has 1 atom stereocenters. The zero-order valence-electron chi connectivity index (χ0n) is 19.1. The normalized spacial score (nSPS) is 20.1. The summed E-state index contributed by atoms with van der Waals surface area (Å²) >= 11 is 0. The summed E-state index contributed by atoms with van der Waals surface area (Å²) in [5.74, 6) is 0.916. The lowest BCUT2D eigenvalue weighted by Gasteiger charge is -2.24. The first-order valence-corrected chi connectivity index (χ1v) is 11.5. The molecule has 1 saturated heterocycles. The lowest BCUT2D eigenvalue weighted by atomic mass is 10.2. The third kappa shape index (κ3) is 6.00. The maximum Gasteiger partial charge on any atom is 0.191 e. The Morgan fingerprint density at radius 2 is 1.94 bits per heavy atom. The molecule has 2 aliphatic rings. The summed E-state index contributed by atoms with van der Waals surface area (Å²) in [7, 11) is 0. The molecule has 1 unspecified atom stereocenters. The number of hydrogen-bond donors (Lipinski definition) is 2. The third-order valence-electron chi connectivity index (χ3n) is 6.38. The first-order valence-electron chi connectivity index (χ1n) is 11.5. The van der Waals surface area contributed by atoms with E-state index in [1.807, 2.05) is 11.6 Å². The number of aromatic nitrogens is 2. The van der Waals surface area contributed by atoms with Crippen molar-refractivity contribution in [2.24, 2.45) is 4.99 Å². The lowest BCUT2D eigenvalue weighted by Crippen LogP contribution is -2.45. The summed E-state index contributed by atoms with van der Waals surface area (Å²) in [5.41, 5.74) is 4.47. The first-order chi connectivity index (χ1) is 14.6. The molecule has 7 heteroatoms. The van der Waals surface area contributed by atoms with Crippen molar-refractivity contribution in [3.05, 3.63) is 47.3 Å². The van der Waals surface area contributed by atoms with Crippen LogP contribution >= 0.6 is 24.0 Å². The molecular weight excluding hydrogens is 499 g/mol. The fraction of sp³-hybridized carbons (Fsp3) is 0.583. The lowest BCUT2D eigenvalue weighted by molar-refractivity contribution is 0.242. The molecule has 0 amide bonds. The van der Waals surface area contributed by atoms with Gasteiger partial charge in [0.2, 0.25) is 0 Å². The van der Waals surface area contributed by atoms with Crippen molar-refractivity contribution in [2.75, 3.05) is 19.6 Å². The fourth-order valence-electron chi connectivity index (χ4n) is 4.91. The van der Waals surface area contributed by atoms with Crippen molar-refractivity contribution >= 4 is 29.9 Å². The average Bonchev–Trinajstić information content (AvgIpc) is 3.48. The highest BCUT2D eigenvalue weighted by Crippen LogP contribution is 2.26. The van der Waals surface area contributed by atoms with Gasteiger partial charge in [-0.1, -0.05) is 31.0 Å². The summed E-state index contributed by atoms with van der Waals surface area (Å²) in [6.07, 6.45) is 6.76. The van der Waals surface area contributed by atoms with Gasteiger partial charge in [0, 0.05) is 37.4 Å². The Morgan fingerprint density at radius 3 is 2.65 bits per heavy atom. The highest BCUT2D eigenvalue weighted by atomic mass is 127. The zero-order valence-corrected chi connectivity index (χ0v) is 21.4. The van der Waals surface area contributed by atoms with Crippen LogP contribution in [0.25, 0.3) is 5.69 Å². The third-order valence-corrected chi connectivity index (χ3v) is 6.38. The Hall–Kier alpha value is -1.61. The smallest absolute Gasteiger partial charge is 0.191 e. The Balaban J connectivity index is 0.00000272. The van der Waals surface area contributed by atoms with Crippen LogP contribution < -0.4 is 10.6 Å². The van der Waals surface area contributed by atoms with Crippen LogP contribution in [0.4, 0.5) is 0 Å². The molecule has 0 spiro atoms. The standard InChI is InChI=1S/C24H36N6.HI/c1-4-25-24(27-21-13-14-29(17-21)22-10-6-7-11-22)26-16-20-9-5-8-12-23(20)30-19(3)15-18(2)28-30;/h5,8-9,12,15,21-22H,4,6-7,10-11,13-14,16-17H2,1-3H3,(H2,25,26,27);1H. The first kappa shape index (κ1) is 24.0. The predicted molar refractivity (Wildman–Crippen MR) is 139 cm³/mol. The van der Waals surface area contributed by atoms with Crippen LogP contribution in [0, 0.1) is 13.8 Å². The van der Waals surface area contributed by atoms with Crippen molar-refractivity contribution in [3.8, 4) is 5.69 Å². The second-order valence-electron chi connectivity index (χ2n) is 8.73. The van der Waals surface area contributed by atoms with Gasteiger partial charge in [0.1, 0.15) is 0 Å². The van der Waals surface area contributed by atoms with Gasteiger partial charge in [-0.3, -0.25) is 4.90 Å². The van der Waals surface area contributed by atoms with E-state index in [0.29, 0.717) is 12.6 Å². The molecule has 4 rings (SSSR count). The molecule has 2 fully saturated rings. The number of likely N-dealkylation sites (tertiary alicyclic amines) is 1. The molecule has 1 aromatic heterocycles. The fourth-order valence-corrected chi connectivity index (χ4v) is 4.91. The van der Waals surface area contributed by atoms with Gasteiger partial charge in [0.25, 0.3) is 0 Å². The van der Waals surface area contributed by atoms with E-state index in [1.165, 1.54) is 44.2 Å². The topological polar surface area (TPSA) is 57.5 Å². The Kier molecular flexibility index (Phi) is 8.77. The van der Waals surface area contributed by atoms with E-state index in [2.05, 4.69) is 64.8 Å². The predicted octanol–water partition coefficient (Wildman–Crippen LogP) is 4.18. The van der Waals surface area contributed by atoms with Crippen molar-refractivity contribution in [3.63, 3.8) is 0 Å². The molecule has 0 bridgehead atoms. The summed E-state index contributed by atoms with van der Waals surface area (Å²) in [5, 5.41) is 11.8. The van der Waals surface area contributed by atoms with Crippen molar-refractivity contribution in [1.29, 1.82) is 0 Å². The molecule has 2 aromatic rings. The van der Waals surface area contributed by atoms with Gasteiger partial charge >= 0.3 is 0 Å². The average molecular weight is 537 g/mol. The zero-order chi connectivity index (χ0) is 20.9. The monoisotopic (exact) mass is 536 g/mol. The van der Waals surface area contributed by atoms with E-state index in [9.17, 15) is 0 Å². The SMILES string of the molecule is CCNC(=NCc1ccccc1-n1nc(C)cc1C)NC1CCN(C2CCCC2)C1.I. The highest BCUT2D eigenvalue weighted by molar-refractivity contribution is 14.0. The Morgan fingerprint density at radius 1 is 1.16 bits per heavy atom. The minimum atomic E-state index is 0. The van der Waals surface area contributed by atoms with E-state index >= 15 is 0 Å². The van der Waals surface area contributed by atoms with Crippen LogP contribution in [0.3, 0.4) is 0 Å². The number of halogens is 1. The van der Waals surface area contributed by atoms with Crippen molar-refractivity contribution < 1.29 is 0 Å². The number of aliphatic imine (C=N–C) groups is 1. The minimum absolute atomic E-state index is 0. The number of rotatable bonds is 6. The number of guanidine groups is 1. The molecule has 0 radical (unpaired) electrons. The van der Waals surface area contributed by atoms with Gasteiger partial charge in [-0.25, -0.2) is 9.67 Å². The molecule has 1 aliphatic carbocycles. The van der Waals surface area contributed by atoms with Gasteiger partial charge in [0.15, 0.2) is 5.96 Å². The minimum Gasteiger partial charge on any atom is -0.357 e. The molecule has 1 aromatic carbocycles. The number of benzene rings is 1. The van der Waals surface area contributed by atoms with E-state index in [0.717, 1.165) is 42.2 Å². The second kappa shape index (κ2) is 11.3. The maximum atomic E-state index is 4.93. The van der Waals surface area contributed by atoms with Crippen molar-refractivity contribution in [1.82, 2.24) is 25.3 Å². The number of nitrogens with one attached hydrogen (secondary N) is 2. The molecule has 31 heavy (non-hydrogen) atoms. The van der Waals surface area contributed by atoms with E-state index in [-0.39, 0.29) is 24.0 Å². The van der Waals surface area contributed by atoms with Gasteiger partial charge in [-0.05, 0) is 57.7 Å². The summed E-state index contributed by atoms with van der Waals surface area (Å²) in [6.45, 7) is 10.1. The highest BCUT2D eigenvalue weighted by Gasteiger charge is 2.30. The van der Waals surface area contributed by atoms with Crippen LogP contribution in [0.2, 0.25) is 0 Å².